The highest BCUT2D eigenvalue weighted by Crippen LogP contribution is 2.28. The molecule has 2 heterocycles. The predicted octanol–water partition coefficient (Wildman–Crippen LogP) is 4.09. The van der Waals surface area contributed by atoms with Crippen molar-refractivity contribution in [2.45, 2.75) is 52.2 Å². The van der Waals surface area contributed by atoms with Gasteiger partial charge in [-0.05, 0) is 37.3 Å². The van der Waals surface area contributed by atoms with Gasteiger partial charge in [0.05, 0.1) is 0 Å². The van der Waals surface area contributed by atoms with E-state index in [1.165, 1.54) is 12.1 Å². The van der Waals surface area contributed by atoms with Gasteiger partial charge in [-0.25, -0.2) is 23.7 Å². The number of nitrogen functional groups attached to an aromatic ring is 1. The Balaban J connectivity index is 0.00000320. The summed E-state index contributed by atoms with van der Waals surface area (Å²) in [6.45, 7) is 6.17. The van der Waals surface area contributed by atoms with E-state index in [9.17, 15) is 13.9 Å². The molecule has 0 unspecified atom stereocenters. The van der Waals surface area contributed by atoms with Gasteiger partial charge >= 0.3 is 0 Å². The molecule has 2 aromatic heterocycles. The van der Waals surface area contributed by atoms with Crippen LogP contribution in [0.5, 0.6) is 0 Å². The molecule has 30 heavy (non-hydrogen) atoms. The Bertz CT molecular complexity index is 1100. The Hall–Kier alpha value is -2.76. The number of halogens is 3. The van der Waals surface area contributed by atoms with E-state index in [2.05, 4.69) is 26.8 Å². The first kappa shape index (κ1) is 23.5. The topological polar surface area (TPSA) is 89.9 Å². The highest BCUT2D eigenvalue weighted by Gasteiger charge is 2.20. The van der Waals surface area contributed by atoms with Crippen LogP contribution < -0.4 is 5.73 Å². The normalized spacial score (nSPS) is 11.1. The van der Waals surface area contributed by atoms with Crippen LogP contribution in [0.25, 0.3) is 22.6 Å². The Labute approximate surface area is 180 Å². The number of anilines is 1. The average molecular weight is 436 g/mol. The maximum absolute atomic E-state index is 13.7. The van der Waals surface area contributed by atoms with E-state index in [-0.39, 0.29) is 29.6 Å². The molecule has 3 aromatic rings. The lowest BCUT2D eigenvalue weighted by atomic mass is 9.98. The number of hydrogen-bond donors (Lipinski definition) is 2. The third-order valence-corrected chi connectivity index (χ3v) is 4.77. The van der Waals surface area contributed by atoms with Crippen molar-refractivity contribution in [1.82, 2.24) is 19.5 Å². The van der Waals surface area contributed by atoms with Crippen LogP contribution in [-0.2, 0) is 6.54 Å². The van der Waals surface area contributed by atoms with Crippen molar-refractivity contribution >= 4 is 29.4 Å². The molecule has 0 fully saturated rings. The summed E-state index contributed by atoms with van der Waals surface area (Å²) in [5, 5.41) is 10.4. The van der Waals surface area contributed by atoms with Crippen LogP contribution in [0.15, 0.2) is 18.2 Å². The molecule has 0 saturated heterocycles. The molecule has 3 N–H and O–H groups in total. The number of aryl methyl sites for hydroxylation is 1. The van der Waals surface area contributed by atoms with Gasteiger partial charge in [0.2, 0.25) is 5.82 Å². The summed E-state index contributed by atoms with van der Waals surface area (Å²) >= 11 is 0. The highest BCUT2D eigenvalue weighted by atomic mass is 35.5. The van der Waals surface area contributed by atoms with Crippen LogP contribution in [0.1, 0.15) is 45.9 Å². The summed E-state index contributed by atoms with van der Waals surface area (Å²) in [5.74, 6) is 4.83. The molecule has 0 radical (unpaired) electrons. The molecule has 6 nitrogen and oxygen atoms in total. The summed E-state index contributed by atoms with van der Waals surface area (Å²) in [6.07, 6.45) is 1.68. The van der Waals surface area contributed by atoms with Crippen molar-refractivity contribution in [3.63, 3.8) is 0 Å². The maximum Gasteiger partial charge on any atom is 0.209 e. The summed E-state index contributed by atoms with van der Waals surface area (Å²) < 4.78 is 29.2. The smallest absolute Gasteiger partial charge is 0.209 e. The number of imidazole rings is 1. The number of aliphatic hydroxyl groups is 1. The number of nitrogens with two attached hydrogens (primary N) is 1. The monoisotopic (exact) mass is 435 g/mol. The Morgan fingerprint density at radius 2 is 1.70 bits per heavy atom. The lowest BCUT2D eigenvalue weighted by Gasteiger charge is -2.16. The first-order valence-corrected chi connectivity index (χ1v) is 9.56. The van der Waals surface area contributed by atoms with Gasteiger partial charge in [0.1, 0.15) is 23.1 Å². The van der Waals surface area contributed by atoms with Gasteiger partial charge in [0, 0.05) is 18.2 Å². The number of hydrogen-bond acceptors (Lipinski definition) is 5. The van der Waals surface area contributed by atoms with Crippen LogP contribution in [0.4, 0.5) is 14.6 Å². The van der Waals surface area contributed by atoms with E-state index in [1.54, 1.807) is 4.57 Å². The molecule has 0 saturated carbocycles. The molecule has 0 aliphatic heterocycles. The van der Waals surface area contributed by atoms with Gasteiger partial charge in [0.15, 0.2) is 17.0 Å². The molecular formula is C21H24ClF2N5O. The molecule has 0 atom stereocenters. The Kier molecular flexibility index (Phi) is 7.34. The Morgan fingerprint density at radius 1 is 1.07 bits per heavy atom. The molecule has 0 amide bonds. The molecule has 0 aliphatic rings. The van der Waals surface area contributed by atoms with E-state index in [0.29, 0.717) is 36.4 Å². The van der Waals surface area contributed by atoms with Crippen molar-refractivity contribution in [3.05, 3.63) is 35.7 Å². The fourth-order valence-electron chi connectivity index (χ4n) is 3.02. The highest BCUT2D eigenvalue weighted by molar-refractivity contribution is 5.86. The summed E-state index contributed by atoms with van der Waals surface area (Å²) in [6, 6.07) is 3.23. The van der Waals surface area contributed by atoms with Crippen LogP contribution in [0, 0.1) is 23.5 Å². The van der Waals surface area contributed by atoms with Crippen molar-refractivity contribution in [2.75, 3.05) is 5.73 Å². The van der Waals surface area contributed by atoms with Crippen LogP contribution >= 0.6 is 12.4 Å². The largest absolute Gasteiger partial charge is 0.382 e. The Morgan fingerprint density at radius 3 is 2.27 bits per heavy atom. The minimum Gasteiger partial charge on any atom is -0.382 e. The van der Waals surface area contributed by atoms with Gasteiger partial charge < -0.3 is 15.4 Å². The molecule has 0 spiro atoms. The molecule has 1 aromatic carbocycles. The second kappa shape index (κ2) is 9.37. The summed E-state index contributed by atoms with van der Waals surface area (Å²) in [5.41, 5.74) is 6.00. The zero-order valence-corrected chi connectivity index (χ0v) is 17.9. The van der Waals surface area contributed by atoms with Gasteiger partial charge in [-0.2, -0.15) is 0 Å². The summed E-state index contributed by atoms with van der Waals surface area (Å²) in [4.78, 5) is 13.1. The zero-order valence-electron chi connectivity index (χ0n) is 17.0. The number of benzene rings is 1. The maximum atomic E-state index is 13.7. The number of nitrogens with zero attached hydrogens (tertiary/aromatic N) is 4. The first-order valence-electron chi connectivity index (χ1n) is 9.56. The predicted molar refractivity (Wildman–Crippen MR) is 115 cm³/mol. The van der Waals surface area contributed by atoms with Crippen molar-refractivity contribution in [2.24, 2.45) is 0 Å². The lowest BCUT2D eigenvalue weighted by Crippen LogP contribution is -2.23. The van der Waals surface area contributed by atoms with Crippen molar-refractivity contribution in [3.8, 4) is 23.2 Å². The van der Waals surface area contributed by atoms with Crippen molar-refractivity contribution < 1.29 is 13.9 Å². The molecule has 3 rings (SSSR count). The molecule has 0 aliphatic carbocycles. The van der Waals surface area contributed by atoms with Crippen LogP contribution in [0.2, 0.25) is 0 Å². The molecule has 160 valence electrons. The fourth-order valence-corrected chi connectivity index (χ4v) is 3.02. The second-order valence-corrected chi connectivity index (χ2v) is 6.84. The summed E-state index contributed by atoms with van der Waals surface area (Å²) in [7, 11) is 0. The van der Waals surface area contributed by atoms with E-state index in [0.717, 1.165) is 12.5 Å². The van der Waals surface area contributed by atoms with Gasteiger partial charge in [0.25, 0.3) is 0 Å². The second-order valence-electron chi connectivity index (χ2n) is 6.84. The molecule has 9 heteroatoms. The minimum absolute atomic E-state index is 0. The SMILES string of the molecule is CCCn1c(-c2cc(F)cc(F)c2)nc2c(N)nc(C#CC(O)(CC)CC)nc21.Cl. The first-order chi connectivity index (χ1) is 13.8. The number of aromatic nitrogens is 4. The third kappa shape index (κ3) is 4.69. The number of rotatable bonds is 5. The van der Waals surface area contributed by atoms with E-state index < -0.39 is 17.2 Å². The molecule has 0 bridgehead atoms. The zero-order chi connectivity index (χ0) is 21.2. The van der Waals surface area contributed by atoms with E-state index in [1.807, 2.05) is 20.8 Å². The standard InChI is InChI=1S/C21H23F2N5O.ClH/c1-4-9-28-19(13-10-14(22)12-15(23)11-13)27-17-18(24)25-16(26-20(17)28)7-8-21(29,5-2)6-3;/h10-12,29H,4-6,9H2,1-3H3,(H2,24,25,26);1H. The van der Waals surface area contributed by atoms with Gasteiger partial charge in [-0.15, -0.1) is 12.4 Å². The van der Waals surface area contributed by atoms with Crippen LogP contribution in [0.3, 0.4) is 0 Å². The lowest BCUT2D eigenvalue weighted by molar-refractivity contribution is 0.0931. The average Bonchev–Trinajstić information content (AvgIpc) is 3.05. The fraction of sp³-hybridized carbons (Fsp3) is 0.381. The molecular weight excluding hydrogens is 412 g/mol. The van der Waals surface area contributed by atoms with Crippen molar-refractivity contribution in [1.29, 1.82) is 0 Å². The van der Waals surface area contributed by atoms with E-state index in [4.69, 9.17) is 5.73 Å². The number of fused-ring (bicyclic) bond motifs is 1. The quantitative estimate of drug-likeness (QED) is 0.589. The van der Waals surface area contributed by atoms with E-state index >= 15 is 0 Å². The van der Waals surface area contributed by atoms with Gasteiger partial charge in [-0.3, -0.25) is 0 Å². The van der Waals surface area contributed by atoms with Crippen LogP contribution in [-0.4, -0.2) is 30.2 Å². The minimum atomic E-state index is -1.12. The van der Waals surface area contributed by atoms with Gasteiger partial charge in [-0.1, -0.05) is 26.7 Å². The third-order valence-electron chi connectivity index (χ3n) is 4.77.